The molecule has 11 nitrogen and oxygen atoms in total. The molecule has 0 atom stereocenters. The zero-order valence-electron chi connectivity index (χ0n) is 13.2. The molecule has 0 fully saturated rings. The minimum Gasteiger partial charge on any atom is -0.366 e. The lowest BCUT2D eigenvalue weighted by molar-refractivity contribution is -0.432. The molecule has 0 aliphatic carbocycles. The molecular weight excluding hydrogens is 444 g/mol. The third kappa shape index (κ3) is 5.24. The minimum atomic E-state index is -4.89. The monoisotopic (exact) mass is 456 g/mol. The molecule has 0 saturated heterocycles. The van der Waals surface area contributed by atoms with E-state index in [0.717, 1.165) is 6.07 Å². The van der Waals surface area contributed by atoms with Crippen LogP contribution in [0.2, 0.25) is 0 Å². The van der Waals surface area contributed by atoms with Crippen LogP contribution in [0.5, 0.6) is 0 Å². The fraction of sp³-hybridized carbons (Fsp3) is 0.0833. The molecule has 0 bridgehead atoms. The summed E-state index contributed by atoms with van der Waals surface area (Å²) in [6.45, 7) is 0. The van der Waals surface area contributed by atoms with Gasteiger partial charge in [0.15, 0.2) is 5.11 Å². The van der Waals surface area contributed by atoms with E-state index in [1.807, 2.05) is 0 Å². The Morgan fingerprint density at radius 2 is 1.78 bits per heavy atom. The Kier molecular flexibility index (Phi) is 6.61. The van der Waals surface area contributed by atoms with E-state index in [4.69, 9.17) is 17.5 Å². The molecule has 0 saturated carbocycles. The molecule has 0 heterocycles. The van der Waals surface area contributed by atoms with E-state index in [0.29, 0.717) is 18.1 Å². The summed E-state index contributed by atoms with van der Waals surface area (Å²) in [5.41, 5.74) is 0.0606. The highest BCUT2D eigenvalue weighted by Gasteiger charge is 2.23. The first-order valence-electron chi connectivity index (χ1n) is 6.67. The van der Waals surface area contributed by atoms with Gasteiger partial charge in [-0.05, 0) is 41.9 Å². The Morgan fingerprint density at radius 3 is 2.30 bits per heavy atom. The number of rotatable bonds is 6. The van der Waals surface area contributed by atoms with E-state index in [1.165, 1.54) is 19.2 Å². The molecule has 2 rings (SSSR count). The van der Waals surface area contributed by atoms with Crippen LogP contribution in [0.4, 0.5) is 5.69 Å². The summed E-state index contributed by atoms with van der Waals surface area (Å²) in [4.78, 5) is -1.30. The van der Waals surface area contributed by atoms with E-state index in [2.05, 4.69) is 20.0 Å². The van der Waals surface area contributed by atoms with Gasteiger partial charge in [0.1, 0.15) is 4.90 Å². The minimum absolute atomic E-state index is 0.00862. The van der Waals surface area contributed by atoms with Crippen molar-refractivity contribution in [2.75, 3.05) is 12.4 Å². The molecule has 0 unspecified atom stereocenters. The molecule has 5 N–H and O–H groups in total. The van der Waals surface area contributed by atoms with E-state index in [9.17, 15) is 25.9 Å². The molecule has 0 aliphatic heterocycles. The normalized spacial score (nSPS) is 12.1. The summed E-state index contributed by atoms with van der Waals surface area (Å²) >= 11 is 5.49. The van der Waals surface area contributed by atoms with Crippen LogP contribution in [0.1, 0.15) is 0 Å². The van der Waals surface area contributed by atoms with E-state index in [-0.39, 0.29) is 26.5 Å². The van der Waals surface area contributed by atoms with Gasteiger partial charge in [-0.2, -0.15) is 16.8 Å². The average molecular weight is 457 g/mol. The van der Waals surface area contributed by atoms with Crippen molar-refractivity contribution in [2.45, 2.75) is 14.7 Å². The fourth-order valence-electron chi connectivity index (χ4n) is 2.16. The number of anilines is 1. The van der Waals surface area contributed by atoms with Crippen LogP contribution < -0.4 is 10.6 Å². The van der Waals surface area contributed by atoms with Crippen LogP contribution >= 0.6 is 24.3 Å². The molecule has 15 heteroatoms. The van der Waals surface area contributed by atoms with Crippen LogP contribution in [0, 0.1) is 0 Å². The second-order valence-electron chi connectivity index (χ2n) is 4.87. The topological polar surface area (TPSA) is 171 Å². The average Bonchev–Trinajstić information content (AvgIpc) is 2.57. The van der Waals surface area contributed by atoms with E-state index in [1.54, 1.807) is 0 Å². The highest BCUT2D eigenvalue weighted by Crippen LogP contribution is 2.37. The lowest BCUT2D eigenvalue weighted by atomic mass is 10.1. The van der Waals surface area contributed by atoms with Gasteiger partial charge in [-0.15, -0.1) is 4.33 Å². The maximum atomic E-state index is 11.8. The summed E-state index contributed by atoms with van der Waals surface area (Å²) < 4.78 is 69.7. The summed E-state index contributed by atoms with van der Waals surface area (Å²) in [7, 11) is -8.17. The van der Waals surface area contributed by atoms with Gasteiger partial charge in [0, 0.05) is 17.3 Å². The smallest absolute Gasteiger partial charge is 0.295 e. The number of benzene rings is 2. The van der Waals surface area contributed by atoms with Gasteiger partial charge < -0.3 is 10.6 Å². The number of thiocarbonyl (C=S) groups is 1. The Morgan fingerprint density at radius 1 is 1.11 bits per heavy atom. The van der Waals surface area contributed by atoms with Crippen molar-refractivity contribution in [3.63, 3.8) is 0 Å². The molecule has 148 valence electrons. The molecule has 2 aromatic rings. The second kappa shape index (κ2) is 8.21. The van der Waals surface area contributed by atoms with Gasteiger partial charge in [0.25, 0.3) is 20.2 Å². The first kappa shape index (κ1) is 21.7. The summed E-state index contributed by atoms with van der Waals surface area (Å²) in [5, 5.41) is 17.0. The molecule has 0 spiro atoms. The van der Waals surface area contributed by atoms with Crippen molar-refractivity contribution in [1.29, 1.82) is 0 Å². The molecule has 0 aromatic heterocycles. The van der Waals surface area contributed by atoms with Crippen molar-refractivity contribution >= 4 is 66.1 Å². The van der Waals surface area contributed by atoms with E-state index >= 15 is 0 Å². The van der Waals surface area contributed by atoms with Gasteiger partial charge in [-0.3, -0.25) is 9.11 Å². The molecule has 0 amide bonds. The van der Waals surface area contributed by atoms with Gasteiger partial charge >= 0.3 is 0 Å². The van der Waals surface area contributed by atoms with Crippen molar-refractivity contribution in [2.24, 2.45) is 0 Å². The Hall–Kier alpha value is -1.56. The molecule has 27 heavy (non-hydrogen) atoms. The zero-order chi connectivity index (χ0) is 20.4. The standard InChI is InChI=1S/C12H12N2O9S4/c1-13-12(24)14-9-4-7(25-23-22-15)2-6-3-8(26(16,17)18)5-10(11(6)9)27(19,20)21/h2-5,15H,1H3,(H2,13,14,24)(H,16,17,18)(H,19,20,21). The third-order valence-electron chi connectivity index (χ3n) is 3.17. The van der Waals surface area contributed by atoms with Crippen molar-refractivity contribution in [1.82, 2.24) is 5.32 Å². The van der Waals surface area contributed by atoms with Gasteiger partial charge in [-0.1, -0.05) is 5.04 Å². The summed E-state index contributed by atoms with van der Waals surface area (Å²) in [6, 6.07) is 4.21. The lowest BCUT2D eigenvalue weighted by Crippen LogP contribution is -2.24. The predicted octanol–water partition coefficient (Wildman–Crippen LogP) is 1.68. The Bertz CT molecular complexity index is 1100. The summed E-state index contributed by atoms with van der Waals surface area (Å²) in [5.74, 6) is 0. The van der Waals surface area contributed by atoms with Crippen LogP contribution in [-0.4, -0.2) is 43.4 Å². The number of hydrogen-bond acceptors (Lipinski definition) is 9. The van der Waals surface area contributed by atoms with Crippen LogP contribution in [0.3, 0.4) is 0 Å². The molecular formula is C12H12N2O9S4. The van der Waals surface area contributed by atoms with Gasteiger partial charge in [0.2, 0.25) is 0 Å². The molecule has 2 aromatic carbocycles. The largest absolute Gasteiger partial charge is 0.366 e. The van der Waals surface area contributed by atoms with Crippen LogP contribution in [0.15, 0.2) is 39.0 Å². The lowest BCUT2D eigenvalue weighted by Gasteiger charge is -2.15. The van der Waals surface area contributed by atoms with Gasteiger partial charge in [0.05, 0.1) is 22.6 Å². The van der Waals surface area contributed by atoms with Crippen molar-refractivity contribution < 1.29 is 40.6 Å². The van der Waals surface area contributed by atoms with Crippen molar-refractivity contribution in [3.8, 4) is 0 Å². The SMILES string of the molecule is CNC(=S)Nc1cc(SOOO)cc2cc(S(=O)(=O)O)cc(S(=O)(=O)O)c12. The van der Waals surface area contributed by atoms with E-state index < -0.39 is 30.0 Å². The maximum absolute atomic E-state index is 11.8. The second-order valence-corrected chi connectivity index (χ2v) is 8.86. The highest BCUT2D eigenvalue weighted by atomic mass is 32.2. The highest BCUT2D eigenvalue weighted by molar-refractivity contribution is 7.94. The third-order valence-corrected chi connectivity index (χ3v) is 5.74. The fourth-order valence-corrected chi connectivity index (χ4v) is 4.10. The van der Waals surface area contributed by atoms with Crippen LogP contribution in [0.25, 0.3) is 10.8 Å². The predicted molar refractivity (Wildman–Crippen MR) is 99.5 cm³/mol. The summed E-state index contributed by atoms with van der Waals surface area (Å²) in [6.07, 6.45) is 0. The number of fused-ring (bicyclic) bond motifs is 1. The number of hydrogen-bond donors (Lipinski definition) is 5. The molecule has 0 aliphatic rings. The zero-order valence-corrected chi connectivity index (χ0v) is 16.5. The first-order valence-corrected chi connectivity index (χ1v) is 10.7. The van der Waals surface area contributed by atoms with Crippen LogP contribution in [-0.2, 0) is 29.6 Å². The number of nitrogens with one attached hydrogen (secondary N) is 2. The maximum Gasteiger partial charge on any atom is 0.295 e. The Labute approximate surface area is 163 Å². The Balaban J connectivity index is 2.92. The van der Waals surface area contributed by atoms with Crippen molar-refractivity contribution in [3.05, 3.63) is 24.3 Å². The first-order chi connectivity index (χ1) is 12.5. The van der Waals surface area contributed by atoms with Gasteiger partial charge in [-0.25, -0.2) is 5.26 Å². The molecule has 0 radical (unpaired) electrons. The quantitative estimate of drug-likeness (QED) is 0.140.